The van der Waals surface area contributed by atoms with E-state index in [1.54, 1.807) is 0 Å². The van der Waals surface area contributed by atoms with Crippen LogP contribution in [0.4, 0.5) is 0 Å². The Labute approximate surface area is 143 Å². The van der Waals surface area contributed by atoms with Gasteiger partial charge in [0.05, 0.1) is 0 Å². The van der Waals surface area contributed by atoms with E-state index in [0.29, 0.717) is 13.0 Å². The van der Waals surface area contributed by atoms with Gasteiger partial charge in [0.2, 0.25) is 5.91 Å². The second-order valence-electron chi connectivity index (χ2n) is 6.03. The molecule has 4 heteroatoms. The van der Waals surface area contributed by atoms with E-state index in [0.717, 1.165) is 24.8 Å². The molecule has 0 aliphatic rings. The maximum atomic E-state index is 12.0. The molecule has 1 unspecified atom stereocenters. The Bertz CT molecular complexity index is 602. The van der Waals surface area contributed by atoms with E-state index in [2.05, 4.69) is 17.4 Å². The molecule has 0 aliphatic carbocycles. The van der Waals surface area contributed by atoms with Gasteiger partial charge in [-0.1, -0.05) is 60.7 Å². The Morgan fingerprint density at radius 3 is 2.17 bits per heavy atom. The van der Waals surface area contributed by atoms with E-state index >= 15 is 0 Å². The van der Waals surface area contributed by atoms with Crippen LogP contribution in [-0.4, -0.2) is 29.7 Å². The Hall–Kier alpha value is -2.17. The van der Waals surface area contributed by atoms with Gasteiger partial charge in [0.1, 0.15) is 6.10 Å². The number of aryl methyl sites for hydroxylation is 1. The standard InChI is InChI=1S/C20H26N2O2/c21-18(15-17-12-5-2-6-13-17)19(23)20(24)22-14-8-7-11-16-9-3-1-4-10-16/h1-6,9-10,12-13,18-19,23H,7-8,11,14-15,21H2,(H,22,24)/t18-,19?/m1/s1. The number of amides is 1. The fourth-order valence-electron chi connectivity index (χ4n) is 2.61. The van der Waals surface area contributed by atoms with Crippen molar-refractivity contribution in [3.63, 3.8) is 0 Å². The van der Waals surface area contributed by atoms with Gasteiger partial charge in [-0.25, -0.2) is 0 Å². The van der Waals surface area contributed by atoms with Crippen molar-refractivity contribution in [3.05, 3.63) is 71.8 Å². The second-order valence-corrected chi connectivity index (χ2v) is 6.03. The van der Waals surface area contributed by atoms with Crippen LogP contribution < -0.4 is 11.1 Å². The molecule has 2 aromatic carbocycles. The maximum Gasteiger partial charge on any atom is 0.250 e. The van der Waals surface area contributed by atoms with E-state index in [1.165, 1.54) is 5.56 Å². The lowest BCUT2D eigenvalue weighted by molar-refractivity contribution is -0.130. The first kappa shape index (κ1) is 18.2. The molecule has 2 atom stereocenters. The highest BCUT2D eigenvalue weighted by Crippen LogP contribution is 2.06. The third kappa shape index (κ3) is 6.14. The molecule has 4 nitrogen and oxygen atoms in total. The Balaban J connectivity index is 1.64. The SMILES string of the molecule is N[C@H](Cc1ccccc1)C(O)C(=O)NCCCCc1ccccc1. The average molecular weight is 326 g/mol. The number of nitrogens with one attached hydrogen (secondary N) is 1. The molecule has 1 amide bonds. The first-order chi connectivity index (χ1) is 11.7. The quantitative estimate of drug-likeness (QED) is 0.617. The van der Waals surface area contributed by atoms with Crippen molar-refractivity contribution in [2.75, 3.05) is 6.54 Å². The van der Waals surface area contributed by atoms with Gasteiger partial charge in [0.15, 0.2) is 0 Å². The second kappa shape index (κ2) is 9.85. The topological polar surface area (TPSA) is 75.3 Å². The molecular weight excluding hydrogens is 300 g/mol. The minimum absolute atomic E-state index is 0.391. The minimum Gasteiger partial charge on any atom is -0.382 e. The molecule has 0 aromatic heterocycles. The zero-order chi connectivity index (χ0) is 17.2. The predicted molar refractivity (Wildman–Crippen MR) is 96.5 cm³/mol. The van der Waals surface area contributed by atoms with Crippen LogP contribution in [0.3, 0.4) is 0 Å². The van der Waals surface area contributed by atoms with Gasteiger partial charge in [-0.05, 0) is 36.8 Å². The van der Waals surface area contributed by atoms with E-state index < -0.39 is 18.1 Å². The minimum atomic E-state index is -1.18. The molecule has 4 N–H and O–H groups in total. The van der Waals surface area contributed by atoms with Gasteiger partial charge in [-0.15, -0.1) is 0 Å². The third-order valence-electron chi connectivity index (χ3n) is 4.02. The van der Waals surface area contributed by atoms with Crippen LogP contribution in [0.15, 0.2) is 60.7 Å². The van der Waals surface area contributed by atoms with Gasteiger partial charge in [0, 0.05) is 12.6 Å². The van der Waals surface area contributed by atoms with Crippen molar-refractivity contribution < 1.29 is 9.90 Å². The largest absolute Gasteiger partial charge is 0.382 e. The number of rotatable bonds is 9. The van der Waals surface area contributed by atoms with E-state index in [9.17, 15) is 9.90 Å². The fraction of sp³-hybridized carbons (Fsp3) is 0.350. The Kier molecular flexibility index (Phi) is 7.46. The van der Waals surface area contributed by atoms with Gasteiger partial charge in [-0.3, -0.25) is 4.79 Å². The number of hydrogen-bond acceptors (Lipinski definition) is 3. The monoisotopic (exact) mass is 326 g/mol. The lowest BCUT2D eigenvalue weighted by Crippen LogP contribution is -2.47. The molecule has 0 saturated heterocycles. The number of aliphatic hydroxyl groups excluding tert-OH is 1. The van der Waals surface area contributed by atoms with Gasteiger partial charge < -0.3 is 16.2 Å². The first-order valence-electron chi connectivity index (χ1n) is 8.46. The zero-order valence-corrected chi connectivity index (χ0v) is 13.9. The molecule has 0 radical (unpaired) electrons. The van der Waals surface area contributed by atoms with E-state index in [4.69, 9.17) is 5.73 Å². The van der Waals surface area contributed by atoms with Crippen molar-refractivity contribution >= 4 is 5.91 Å². The van der Waals surface area contributed by atoms with Crippen LogP contribution in [0.25, 0.3) is 0 Å². The summed E-state index contributed by atoms with van der Waals surface area (Å²) >= 11 is 0. The van der Waals surface area contributed by atoms with Crippen molar-refractivity contribution in [2.45, 2.75) is 37.8 Å². The molecule has 0 heterocycles. The highest BCUT2D eigenvalue weighted by atomic mass is 16.3. The van der Waals surface area contributed by atoms with Crippen LogP contribution >= 0.6 is 0 Å². The van der Waals surface area contributed by atoms with Crippen LogP contribution in [0.5, 0.6) is 0 Å². The summed E-state index contributed by atoms with van der Waals surface area (Å²) in [5.74, 6) is -0.391. The molecule has 2 rings (SSSR count). The van der Waals surface area contributed by atoms with Gasteiger partial charge >= 0.3 is 0 Å². The molecule has 0 saturated carbocycles. The number of nitrogens with two attached hydrogens (primary N) is 1. The Morgan fingerprint density at radius 1 is 0.958 bits per heavy atom. The summed E-state index contributed by atoms with van der Waals surface area (Å²) in [5, 5.41) is 12.8. The van der Waals surface area contributed by atoms with Crippen LogP contribution in [0.2, 0.25) is 0 Å². The lowest BCUT2D eigenvalue weighted by Gasteiger charge is -2.18. The van der Waals surface area contributed by atoms with Crippen molar-refractivity contribution in [2.24, 2.45) is 5.73 Å². The maximum absolute atomic E-state index is 12.0. The highest BCUT2D eigenvalue weighted by Gasteiger charge is 2.22. The van der Waals surface area contributed by atoms with Crippen LogP contribution in [0, 0.1) is 0 Å². The summed E-state index contributed by atoms with van der Waals surface area (Å²) in [6.07, 6.45) is 2.16. The normalized spacial score (nSPS) is 13.2. The van der Waals surface area contributed by atoms with E-state index in [-0.39, 0.29) is 0 Å². The lowest BCUT2D eigenvalue weighted by atomic mass is 10.0. The Morgan fingerprint density at radius 2 is 1.54 bits per heavy atom. The number of carbonyl (C=O) groups excluding carboxylic acids is 1. The fourth-order valence-corrected chi connectivity index (χ4v) is 2.61. The van der Waals surface area contributed by atoms with Gasteiger partial charge in [-0.2, -0.15) is 0 Å². The number of benzene rings is 2. The predicted octanol–water partition coefficient (Wildman–Crippen LogP) is 2.06. The molecule has 128 valence electrons. The highest BCUT2D eigenvalue weighted by molar-refractivity contribution is 5.81. The van der Waals surface area contributed by atoms with Gasteiger partial charge in [0.25, 0.3) is 0 Å². The number of carbonyl (C=O) groups is 1. The molecule has 0 bridgehead atoms. The summed E-state index contributed by atoms with van der Waals surface area (Å²) in [7, 11) is 0. The summed E-state index contributed by atoms with van der Waals surface area (Å²) < 4.78 is 0. The van der Waals surface area contributed by atoms with Crippen molar-refractivity contribution in [3.8, 4) is 0 Å². The van der Waals surface area contributed by atoms with Crippen molar-refractivity contribution in [1.82, 2.24) is 5.32 Å². The summed E-state index contributed by atoms with van der Waals surface area (Å²) in [6.45, 7) is 0.556. The summed E-state index contributed by atoms with van der Waals surface area (Å²) in [6, 6.07) is 19.3. The summed E-state index contributed by atoms with van der Waals surface area (Å²) in [4.78, 5) is 12.0. The molecule has 24 heavy (non-hydrogen) atoms. The molecule has 0 aliphatic heterocycles. The van der Waals surface area contributed by atoms with Crippen molar-refractivity contribution in [1.29, 1.82) is 0 Å². The molecular formula is C20H26N2O2. The van der Waals surface area contributed by atoms with Crippen LogP contribution in [0.1, 0.15) is 24.0 Å². The number of hydrogen-bond donors (Lipinski definition) is 3. The number of aliphatic hydroxyl groups is 1. The smallest absolute Gasteiger partial charge is 0.250 e. The first-order valence-corrected chi connectivity index (χ1v) is 8.46. The summed E-state index contributed by atoms with van der Waals surface area (Å²) in [5.41, 5.74) is 8.26. The molecule has 0 spiro atoms. The molecule has 2 aromatic rings. The van der Waals surface area contributed by atoms with E-state index in [1.807, 2.05) is 48.5 Å². The number of unbranched alkanes of at least 4 members (excludes halogenated alkanes) is 1. The van der Waals surface area contributed by atoms with Crippen LogP contribution in [-0.2, 0) is 17.6 Å². The average Bonchev–Trinajstić information content (AvgIpc) is 2.62. The third-order valence-corrected chi connectivity index (χ3v) is 4.02. The molecule has 0 fully saturated rings. The zero-order valence-electron chi connectivity index (χ0n) is 13.9.